The molecule has 0 aliphatic carbocycles. The Labute approximate surface area is 176 Å². The minimum Gasteiger partial charge on any atom is -0.342 e. The number of carbonyl (C=O) groups excluding carboxylic acids is 1. The van der Waals surface area contributed by atoms with E-state index in [1.54, 1.807) is 24.2 Å². The summed E-state index contributed by atoms with van der Waals surface area (Å²) >= 11 is 1.87. The van der Waals surface area contributed by atoms with Gasteiger partial charge in [-0.2, -0.15) is 11.8 Å². The molecular weight excluding hydrogens is 380 g/mol. The van der Waals surface area contributed by atoms with Crippen molar-refractivity contribution in [3.63, 3.8) is 0 Å². The van der Waals surface area contributed by atoms with Gasteiger partial charge >= 0.3 is 0 Å². The molecule has 1 amide bonds. The number of fused-ring (bicyclic) bond motifs is 1. The molecule has 0 saturated carbocycles. The summed E-state index contributed by atoms with van der Waals surface area (Å²) < 4.78 is 2.00. The van der Waals surface area contributed by atoms with E-state index in [0.717, 1.165) is 29.0 Å². The average Bonchev–Trinajstić information content (AvgIpc) is 2.75. The molecule has 4 nitrogen and oxygen atoms in total. The van der Waals surface area contributed by atoms with Gasteiger partial charge in [-0.25, -0.2) is 0 Å². The van der Waals surface area contributed by atoms with Crippen LogP contribution in [0.15, 0.2) is 65.6 Å². The van der Waals surface area contributed by atoms with Crippen molar-refractivity contribution in [3.05, 3.63) is 82.1 Å². The van der Waals surface area contributed by atoms with Crippen molar-refractivity contribution < 1.29 is 4.79 Å². The number of nitrogens with zero attached hydrogens (tertiary/aromatic N) is 2. The summed E-state index contributed by atoms with van der Waals surface area (Å²) in [5.74, 6) is 1.86. The van der Waals surface area contributed by atoms with Crippen molar-refractivity contribution in [2.75, 3.05) is 18.6 Å². The van der Waals surface area contributed by atoms with Crippen molar-refractivity contribution in [3.8, 4) is 0 Å². The lowest BCUT2D eigenvalue weighted by molar-refractivity contribution is 0.0739. The van der Waals surface area contributed by atoms with Crippen LogP contribution < -0.4 is 5.43 Å². The second-order valence-electron chi connectivity index (χ2n) is 7.25. The van der Waals surface area contributed by atoms with E-state index in [0.29, 0.717) is 11.9 Å². The highest BCUT2D eigenvalue weighted by Crippen LogP contribution is 2.16. The van der Waals surface area contributed by atoms with Crippen molar-refractivity contribution in [2.45, 2.75) is 32.9 Å². The predicted octanol–water partition coefficient (Wildman–Crippen LogP) is 4.65. The number of pyridine rings is 1. The highest BCUT2D eigenvalue weighted by atomic mass is 32.2. The summed E-state index contributed by atoms with van der Waals surface area (Å²) in [7, 11) is 1.79. The molecule has 3 rings (SSSR count). The molecule has 0 aliphatic rings. The Morgan fingerprint density at radius 1 is 1.10 bits per heavy atom. The molecule has 0 bridgehead atoms. The van der Waals surface area contributed by atoms with Crippen LogP contribution in [0.2, 0.25) is 0 Å². The Kier molecular flexibility index (Phi) is 7.15. The van der Waals surface area contributed by atoms with Crippen LogP contribution in [0.1, 0.15) is 36.2 Å². The minimum absolute atomic E-state index is 0.0787. The third-order valence-electron chi connectivity index (χ3n) is 5.28. The number of hydrogen-bond acceptors (Lipinski definition) is 3. The molecule has 0 aliphatic heterocycles. The summed E-state index contributed by atoms with van der Waals surface area (Å²) in [6, 6.07) is 17.7. The predicted molar refractivity (Wildman–Crippen MR) is 123 cm³/mol. The first kappa shape index (κ1) is 21.2. The zero-order chi connectivity index (χ0) is 20.8. The molecule has 0 fully saturated rings. The van der Waals surface area contributed by atoms with Gasteiger partial charge in [0.15, 0.2) is 0 Å². The molecule has 2 aromatic carbocycles. The lowest BCUT2D eigenvalue weighted by Gasteiger charge is -2.25. The lowest BCUT2D eigenvalue weighted by atomic mass is 10.1. The van der Waals surface area contributed by atoms with E-state index in [4.69, 9.17) is 0 Å². The fourth-order valence-electron chi connectivity index (χ4n) is 3.39. The van der Waals surface area contributed by atoms with Crippen LogP contribution in [0.4, 0.5) is 0 Å². The van der Waals surface area contributed by atoms with Crippen LogP contribution in [0.5, 0.6) is 0 Å². The molecule has 5 heteroatoms. The maximum Gasteiger partial charge on any atom is 0.259 e. The van der Waals surface area contributed by atoms with Gasteiger partial charge in [0.2, 0.25) is 5.43 Å². The normalized spacial score (nSPS) is 12.1. The largest absolute Gasteiger partial charge is 0.342 e. The quantitative estimate of drug-likeness (QED) is 0.510. The Morgan fingerprint density at radius 3 is 2.52 bits per heavy atom. The van der Waals surface area contributed by atoms with Crippen LogP contribution in [-0.4, -0.2) is 40.0 Å². The fraction of sp³-hybridized carbons (Fsp3) is 0.333. The highest BCUT2D eigenvalue weighted by Gasteiger charge is 2.22. The third-order valence-corrected chi connectivity index (χ3v) is 6.21. The van der Waals surface area contributed by atoms with Crippen LogP contribution >= 0.6 is 11.8 Å². The topological polar surface area (TPSA) is 42.3 Å². The first-order valence-electron chi connectivity index (χ1n) is 10.0. The lowest BCUT2D eigenvalue weighted by Crippen LogP contribution is -2.38. The number of carbonyl (C=O) groups is 1. The molecule has 0 spiro atoms. The Hall–Kier alpha value is -2.53. The van der Waals surface area contributed by atoms with Gasteiger partial charge in [-0.1, -0.05) is 49.4 Å². The maximum absolute atomic E-state index is 13.2. The molecular formula is C24H28N2O2S. The molecule has 0 radical (unpaired) electrons. The van der Waals surface area contributed by atoms with Gasteiger partial charge in [-0.3, -0.25) is 9.59 Å². The van der Waals surface area contributed by atoms with Crippen LogP contribution in [0.3, 0.4) is 0 Å². The summed E-state index contributed by atoms with van der Waals surface area (Å²) in [5, 5.41) is 0.580. The van der Waals surface area contributed by atoms with Crippen LogP contribution in [0.25, 0.3) is 10.9 Å². The number of thioether (sulfide) groups is 1. The molecule has 0 unspecified atom stereocenters. The zero-order valence-electron chi connectivity index (χ0n) is 17.3. The zero-order valence-corrected chi connectivity index (χ0v) is 18.1. The van der Waals surface area contributed by atoms with Gasteiger partial charge < -0.3 is 9.47 Å². The molecule has 3 aromatic rings. The Bertz CT molecular complexity index is 1030. The summed E-state index contributed by atoms with van der Waals surface area (Å²) in [6.07, 6.45) is 2.64. The van der Waals surface area contributed by atoms with Crippen LogP contribution in [-0.2, 0) is 6.54 Å². The fourth-order valence-corrected chi connectivity index (χ4v) is 4.19. The second kappa shape index (κ2) is 9.79. The van der Waals surface area contributed by atoms with Gasteiger partial charge in [0.05, 0.1) is 5.52 Å². The van der Waals surface area contributed by atoms with Gasteiger partial charge in [-0.15, -0.1) is 0 Å². The molecule has 1 atom stereocenters. The Balaban J connectivity index is 1.98. The van der Waals surface area contributed by atoms with Crippen molar-refractivity contribution in [1.29, 1.82) is 0 Å². The van der Waals surface area contributed by atoms with Gasteiger partial charge in [0, 0.05) is 31.2 Å². The molecule has 1 aromatic heterocycles. The standard InChI is InChI=1S/C24H28N2O2S/c1-4-29-15-14-18(2)25(3)24(28)21-17-26(16-19-10-6-5-7-11-19)22-13-9-8-12-20(22)23(21)27/h5-13,17-18H,4,14-16H2,1-3H3/t18-/m0/s1. The van der Waals surface area contributed by atoms with E-state index in [1.165, 1.54) is 0 Å². The van der Waals surface area contributed by atoms with E-state index in [1.807, 2.05) is 71.8 Å². The average molecular weight is 409 g/mol. The number of amides is 1. The number of benzene rings is 2. The molecule has 0 saturated heterocycles. The van der Waals surface area contributed by atoms with Gasteiger partial charge in [-0.05, 0) is 42.5 Å². The summed E-state index contributed by atoms with van der Waals surface area (Å²) in [4.78, 5) is 28.0. The molecule has 1 heterocycles. The Morgan fingerprint density at radius 2 is 1.79 bits per heavy atom. The van der Waals surface area contributed by atoms with Gasteiger partial charge in [0.1, 0.15) is 5.56 Å². The second-order valence-corrected chi connectivity index (χ2v) is 8.65. The molecule has 29 heavy (non-hydrogen) atoms. The summed E-state index contributed by atoms with van der Waals surface area (Å²) in [5.41, 5.74) is 2.00. The number of aromatic nitrogens is 1. The monoisotopic (exact) mass is 408 g/mol. The smallest absolute Gasteiger partial charge is 0.259 e. The number of hydrogen-bond donors (Lipinski definition) is 0. The van der Waals surface area contributed by atoms with Crippen molar-refractivity contribution in [2.24, 2.45) is 0 Å². The van der Waals surface area contributed by atoms with Crippen LogP contribution in [0, 0.1) is 0 Å². The van der Waals surface area contributed by atoms with E-state index >= 15 is 0 Å². The molecule has 0 N–H and O–H groups in total. The first-order chi connectivity index (χ1) is 14.0. The number of rotatable bonds is 8. The summed E-state index contributed by atoms with van der Waals surface area (Å²) in [6.45, 7) is 4.78. The third kappa shape index (κ3) is 4.91. The van der Waals surface area contributed by atoms with Crippen molar-refractivity contribution >= 4 is 28.6 Å². The van der Waals surface area contributed by atoms with Crippen molar-refractivity contribution in [1.82, 2.24) is 9.47 Å². The SMILES string of the molecule is CCSCC[C@H](C)N(C)C(=O)c1cn(Cc2ccccc2)c2ccccc2c1=O. The minimum atomic E-state index is -0.212. The molecule has 152 valence electrons. The van der Waals surface area contributed by atoms with Gasteiger partial charge in [0.25, 0.3) is 5.91 Å². The number of para-hydroxylation sites is 1. The highest BCUT2D eigenvalue weighted by molar-refractivity contribution is 7.99. The van der Waals surface area contributed by atoms with E-state index < -0.39 is 0 Å². The van der Waals surface area contributed by atoms with E-state index in [2.05, 4.69) is 6.92 Å². The van der Waals surface area contributed by atoms with E-state index in [9.17, 15) is 9.59 Å². The first-order valence-corrected chi connectivity index (χ1v) is 11.2. The van der Waals surface area contributed by atoms with E-state index in [-0.39, 0.29) is 22.9 Å². The maximum atomic E-state index is 13.2.